The summed E-state index contributed by atoms with van der Waals surface area (Å²) in [7, 11) is 1.94. The molecule has 17 heavy (non-hydrogen) atoms. The summed E-state index contributed by atoms with van der Waals surface area (Å²) < 4.78 is 1.87. The van der Waals surface area contributed by atoms with Gasteiger partial charge in [-0.1, -0.05) is 6.92 Å². The molecule has 0 aliphatic heterocycles. The zero-order valence-electron chi connectivity index (χ0n) is 11.5. The van der Waals surface area contributed by atoms with Gasteiger partial charge in [-0.05, 0) is 39.2 Å². The van der Waals surface area contributed by atoms with Gasteiger partial charge in [0.25, 0.3) is 0 Å². The van der Waals surface area contributed by atoms with Gasteiger partial charge in [0.05, 0.1) is 5.69 Å². The van der Waals surface area contributed by atoms with E-state index in [0.29, 0.717) is 6.42 Å². The van der Waals surface area contributed by atoms with Crippen molar-refractivity contribution in [1.29, 1.82) is 0 Å². The number of carbonyl (C=O) groups is 1. The molecule has 0 aliphatic carbocycles. The fraction of sp³-hybridized carbons (Fsp3) is 0.692. The number of aromatic nitrogens is 2. The predicted octanol–water partition coefficient (Wildman–Crippen LogP) is 1.88. The minimum atomic E-state index is 0.127. The summed E-state index contributed by atoms with van der Waals surface area (Å²) in [6.45, 7) is 8.13. The van der Waals surface area contributed by atoms with Gasteiger partial charge in [-0.2, -0.15) is 5.10 Å². The van der Waals surface area contributed by atoms with Crippen LogP contribution in [0.5, 0.6) is 0 Å². The number of aryl methyl sites for hydroxylation is 2. The van der Waals surface area contributed by atoms with Crippen LogP contribution in [0.4, 0.5) is 0 Å². The number of hydrogen-bond acceptors (Lipinski definition) is 2. The van der Waals surface area contributed by atoms with E-state index in [1.807, 2.05) is 32.5 Å². The first kappa shape index (κ1) is 13.7. The van der Waals surface area contributed by atoms with Gasteiger partial charge in [0.1, 0.15) is 0 Å². The average Bonchev–Trinajstić information content (AvgIpc) is 2.51. The van der Waals surface area contributed by atoms with Crippen molar-refractivity contribution in [3.63, 3.8) is 0 Å². The minimum Gasteiger partial charge on any atom is -0.354 e. The highest BCUT2D eigenvalue weighted by Gasteiger charge is 2.12. The van der Waals surface area contributed by atoms with Gasteiger partial charge >= 0.3 is 0 Å². The molecular formula is C13H23N3O. The molecule has 0 bridgehead atoms. The van der Waals surface area contributed by atoms with Gasteiger partial charge < -0.3 is 5.32 Å². The van der Waals surface area contributed by atoms with Crippen molar-refractivity contribution < 1.29 is 4.79 Å². The molecule has 0 fully saturated rings. The quantitative estimate of drug-likeness (QED) is 0.850. The molecule has 96 valence electrons. The molecule has 0 radical (unpaired) electrons. The van der Waals surface area contributed by atoms with Crippen LogP contribution in [0.25, 0.3) is 0 Å². The third kappa shape index (κ3) is 3.58. The summed E-state index contributed by atoms with van der Waals surface area (Å²) in [4.78, 5) is 11.7. The van der Waals surface area contributed by atoms with E-state index < -0.39 is 0 Å². The van der Waals surface area contributed by atoms with E-state index >= 15 is 0 Å². The summed E-state index contributed by atoms with van der Waals surface area (Å²) >= 11 is 0. The normalized spacial score (nSPS) is 12.5. The van der Waals surface area contributed by atoms with E-state index in [0.717, 1.165) is 24.2 Å². The van der Waals surface area contributed by atoms with Crippen molar-refractivity contribution in [1.82, 2.24) is 15.1 Å². The zero-order valence-corrected chi connectivity index (χ0v) is 11.5. The van der Waals surface area contributed by atoms with Crippen LogP contribution in [0.15, 0.2) is 0 Å². The van der Waals surface area contributed by atoms with Crippen LogP contribution in [0.1, 0.15) is 43.6 Å². The van der Waals surface area contributed by atoms with Gasteiger partial charge in [-0.3, -0.25) is 9.48 Å². The van der Waals surface area contributed by atoms with Crippen molar-refractivity contribution in [3.05, 3.63) is 17.0 Å². The fourth-order valence-corrected chi connectivity index (χ4v) is 1.87. The molecular weight excluding hydrogens is 214 g/mol. The van der Waals surface area contributed by atoms with Crippen molar-refractivity contribution in [3.8, 4) is 0 Å². The highest BCUT2D eigenvalue weighted by molar-refractivity contribution is 5.76. The maximum atomic E-state index is 11.7. The Hall–Kier alpha value is -1.32. The van der Waals surface area contributed by atoms with Crippen LogP contribution >= 0.6 is 0 Å². The molecule has 1 aromatic rings. The molecule has 1 amide bonds. The highest BCUT2D eigenvalue weighted by atomic mass is 16.1. The molecule has 1 unspecified atom stereocenters. The summed E-state index contributed by atoms with van der Waals surface area (Å²) in [5.74, 6) is 0.127. The highest BCUT2D eigenvalue weighted by Crippen LogP contribution is 2.13. The second-order valence-corrected chi connectivity index (χ2v) is 4.65. The Morgan fingerprint density at radius 2 is 2.12 bits per heavy atom. The van der Waals surface area contributed by atoms with Gasteiger partial charge in [-0.15, -0.1) is 0 Å². The number of hydrogen-bond donors (Lipinski definition) is 1. The molecule has 1 aromatic heterocycles. The maximum absolute atomic E-state index is 11.7. The van der Waals surface area contributed by atoms with Gasteiger partial charge in [0, 0.05) is 25.2 Å². The van der Waals surface area contributed by atoms with Crippen LogP contribution in [0, 0.1) is 13.8 Å². The van der Waals surface area contributed by atoms with E-state index in [4.69, 9.17) is 0 Å². The molecule has 1 rings (SSSR count). The third-order valence-electron chi connectivity index (χ3n) is 3.28. The molecule has 4 nitrogen and oxygen atoms in total. The molecule has 1 N–H and O–H groups in total. The summed E-state index contributed by atoms with van der Waals surface area (Å²) in [6, 6.07) is 0.263. The number of nitrogens with one attached hydrogen (secondary N) is 1. The number of nitrogens with zero attached hydrogens (tertiary/aromatic N) is 2. The Morgan fingerprint density at radius 1 is 1.47 bits per heavy atom. The standard InChI is InChI=1S/C13H23N3O/c1-6-9(2)14-13(17)8-7-12-10(3)15-16(5)11(12)4/h9H,6-8H2,1-5H3,(H,14,17). The predicted molar refractivity (Wildman–Crippen MR) is 68.9 cm³/mol. The minimum absolute atomic E-state index is 0.127. The molecule has 0 saturated carbocycles. The zero-order chi connectivity index (χ0) is 13.0. The van der Waals surface area contributed by atoms with E-state index in [-0.39, 0.29) is 11.9 Å². The number of carbonyl (C=O) groups excluding carboxylic acids is 1. The lowest BCUT2D eigenvalue weighted by Crippen LogP contribution is -2.32. The Labute approximate surface area is 103 Å². The molecule has 4 heteroatoms. The first-order valence-electron chi connectivity index (χ1n) is 6.24. The van der Waals surface area contributed by atoms with Gasteiger partial charge in [0.15, 0.2) is 0 Å². The average molecular weight is 237 g/mol. The maximum Gasteiger partial charge on any atom is 0.220 e. The van der Waals surface area contributed by atoms with Crippen LogP contribution < -0.4 is 5.32 Å². The first-order valence-corrected chi connectivity index (χ1v) is 6.24. The summed E-state index contributed by atoms with van der Waals surface area (Å²) in [5.41, 5.74) is 3.38. The Bertz CT molecular complexity index is 396. The van der Waals surface area contributed by atoms with E-state index in [9.17, 15) is 4.79 Å². The van der Waals surface area contributed by atoms with Crippen LogP contribution in [0.2, 0.25) is 0 Å². The fourth-order valence-electron chi connectivity index (χ4n) is 1.87. The molecule has 0 aliphatic rings. The molecule has 0 saturated heterocycles. The Balaban J connectivity index is 2.53. The van der Waals surface area contributed by atoms with Gasteiger partial charge in [0.2, 0.25) is 5.91 Å². The molecule has 0 aromatic carbocycles. The first-order chi connectivity index (χ1) is 7.95. The summed E-state index contributed by atoms with van der Waals surface area (Å²) in [5, 5.41) is 7.33. The molecule has 1 heterocycles. The molecule has 0 spiro atoms. The topological polar surface area (TPSA) is 46.9 Å². The van der Waals surface area contributed by atoms with Crippen LogP contribution in [-0.4, -0.2) is 21.7 Å². The van der Waals surface area contributed by atoms with Crippen molar-refractivity contribution in [2.75, 3.05) is 0 Å². The van der Waals surface area contributed by atoms with Gasteiger partial charge in [-0.25, -0.2) is 0 Å². The lowest BCUT2D eigenvalue weighted by atomic mass is 10.1. The second kappa shape index (κ2) is 5.84. The summed E-state index contributed by atoms with van der Waals surface area (Å²) in [6.07, 6.45) is 2.28. The Morgan fingerprint density at radius 3 is 2.59 bits per heavy atom. The van der Waals surface area contributed by atoms with Crippen molar-refractivity contribution in [2.24, 2.45) is 7.05 Å². The van der Waals surface area contributed by atoms with E-state index in [2.05, 4.69) is 17.3 Å². The lowest BCUT2D eigenvalue weighted by molar-refractivity contribution is -0.121. The van der Waals surface area contributed by atoms with Crippen LogP contribution in [0.3, 0.4) is 0 Å². The SMILES string of the molecule is CCC(C)NC(=O)CCc1c(C)nn(C)c1C. The van der Waals surface area contributed by atoms with Crippen molar-refractivity contribution >= 4 is 5.91 Å². The second-order valence-electron chi connectivity index (χ2n) is 4.65. The Kier molecular flexibility index (Phi) is 4.73. The number of rotatable bonds is 5. The van der Waals surface area contributed by atoms with E-state index in [1.54, 1.807) is 0 Å². The largest absolute Gasteiger partial charge is 0.354 e. The third-order valence-corrected chi connectivity index (χ3v) is 3.28. The van der Waals surface area contributed by atoms with Crippen molar-refractivity contribution in [2.45, 2.75) is 53.0 Å². The van der Waals surface area contributed by atoms with Crippen LogP contribution in [-0.2, 0) is 18.3 Å². The number of amides is 1. The monoisotopic (exact) mass is 237 g/mol. The lowest BCUT2D eigenvalue weighted by Gasteiger charge is -2.11. The molecule has 1 atom stereocenters. The smallest absolute Gasteiger partial charge is 0.220 e. The van der Waals surface area contributed by atoms with E-state index in [1.165, 1.54) is 5.56 Å².